The van der Waals surface area contributed by atoms with Crippen molar-refractivity contribution in [1.29, 1.82) is 5.26 Å². The van der Waals surface area contributed by atoms with E-state index in [1.54, 1.807) is 6.08 Å². The second kappa shape index (κ2) is 15.2. The van der Waals surface area contributed by atoms with Gasteiger partial charge in [0, 0.05) is 37.0 Å². The molecule has 1 aliphatic rings. The Labute approximate surface area is 189 Å². The van der Waals surface area contributed by atoms with Crippen LogP contribution < -0.4 is 4.90 Å². The number of carbonyl (C=O) groups is 1. The first-order chi connectivity index (χ1) is 15.5. The molecule has 0 amide bonds. The molecule has 0 fully saturated rings. The van der Waals surface area contributed by atoms with Crippen molar-refractivity contribution in [1.82, 2.24) is 5.16 Å². The minimum Gasteiger partial charge on any atom is -0.481 e. The normalized spacial score (nSPS) is 11.8. The lowest BCUT2D eigenvalue weighted by molar-refractivity contribution is -0.138. The van der Waals surface area contributed by atoms with E-state index in [4.69, 9.17) is 19.6 Å². The molecule has 32 heavy (non-hydrogen) atoms. The van der Waals surface area contributed by atoms with E-state index in [1.165, 1.54) is 11.3 Å². The number of hydrogen-bond acceptors (Lipinski definition) is 6. The highest BCUT2D eigenvalue weighted by Gasteiger charge is 2.21. The van der Waals surface area contributed by atoms with Gasteiger partial charge in [-0.2, -0.15) is 0 Å². The van der Waals surface area contributed by atoms with E-state index in [0.717, 1.165) is 37.2 Å². The summed E-state index contributed by atoms with van der Waals surface area (Å²) in [5.74, 6) is -0.246. The number of ether oxygens (including phenoxy) is 1. The third-order valence-corrected chi connectivity index (χ3v) is 4.51. The van der Waals surface area contributed by atoms with Crippen molar-refractivity contribution in [3.8, 4) is 6.57 Å². The first kappa shape index (κ1) is 26.4. The summed E-state index contributed by atoms with van der Waals surface area (Å²) in [4.78, 5) is 12.8. The van der Waals surface area contributed by atoms with Gasteiger partial charge in [0.25, 0.3) is 0 Å². The van der Waals surface area contributed by atoms with Crippen molar-refractivity contribution < 1.29 is 19.2 Å². The number of para-hydroxylation sites is 1. The van der Waals surface area contributed by atoms with Gasteiger partial charge in [-0.3, -0.25) is 4.79 Å². The molecule has 0 saturated heterocycles. The van der Waals surface area contributed by atoms with Crippen LogP contribution in [0, 0.1) is 11.8 Å². The summed E-state index contributed by atoms with van der Waals surface area (Å²) in [5.41, 5.74) is 4.55. The second-order valence-electron chi connectivity index (χ2n) is 6.89. The van der Waals surface area contributed by atoms with Gasteiger partial charge in [0.15, 0.2) is 5.76 Å². The summed E-state index contributed by atoms with van der Waals surface area (Å²) < 4.78 is 10.5. The largest absolute Gasteiger partial charge is 0.481 e. The van der Waals surface area contributed by atoms with Crippen molar-refractivity contribution in [3.63, 3.8) is 0 Å². The summed E-state index contributed by atoms with van der Waals surface area (Å²) in [6, 6.07) is 10.2. The molecule has 7 heteroatoms. The number of carboxylic acids is 1. The summed E-state index contributed by atoms with van der Waals surface area (Å²) in [6.45, 7) is 15.3. The van der Waals surface area contributed by atoms with Crippen LogP contribution in [0.2, 0.25) is 0 Å². The van der Waals surface area contributed by atoms with Crippen LogP contribution in [0.1, 0.15) is 36.8 Å². The van der Waals surface area contributed by atoms with Gasteiger partial charge in [-0.1, -0.05) is 54.7 Å². The Morgan fingerprint density at radius 3 is 2.81 bits per heavy atom. The van der Waals surface area contributed by atoms with Crippen molar-refractivity contribution >= 4 is 17.2 Å². The number of allylic oxidation sites excluding steroid dienone is 3. The van der Waals surface area contributed by atoms with Gasteiger partial charge in [-0.25, -0.2) is 5.26 Å². The Morgan fingerprint density at radius 1 is 1.41 bits per heavy atom. The fourth-order valence-corrected chi connectivity index (χ4v) is 3.11. The molecule has 2 heterocycles. The lowest BCUT2D eigenvalue weighted by atomic mass is 10.1. The number of hydrogen-bond donors (Lipinski definition) is 1. The number of carboxylic acid groups (broad SMARTS) is 1. The molecular formula is C25H31N3O4. The predicted molar refractivity (Wildman–Crippen MR) is 126 cm³/mol. The Kier molecular flexibility index (Phi) is 12.6. The molecule has 1 aromatic heterocycles. The fourth-order valence-electron chi connectivity index (χ4n) is 3.11. The van der Waals surface area contributed by atoms with Crippen molar-refractivity contribution in [2.45, 2.75) is 32.8 Å². The molecule has 170 valence electrons. The number of rotatable bonds is 10. The number of benzene rings is 1. The first-order valence-corrected chi connectivity index (χ1v) is 10.3. The third-order valence-electron chi connectivity index (χ3n) is 4.51. The minimum atomic E-state index is -0.871. The summed E-state index contributed by atoms with van der Waals surface area (Å²) in [5, 5.41) is 19.1. The maximum atomic E-state index is 10.4. The number of aliphatic carboxylic acids is 1. The first-order valence-electron chi connectivity index (χ1n) is 10.3. The molecule has 0 aliphatic carbocycles. The van der Waals surface area contributed by atoms with Crippen LogP contribution in [0.25, 0.3) is 5.57 Å². The van der Waals surface area contributed by atoms with Crippen LogP contribution in [0.3, 0.4) is 0 Å². The summed E-state index contributed by atoms with van der Waals surface area (Å²) >= 11 is 0. The summed E-state index contributed by atoms with van der Waals surface area (Å²) in [7, 11) is 0. The van der Waals surface area contributed by atoms with Crippen LogP contribution in [-0.2, 0) is 22.6 Å². The van der Waals surface area contributed by atoms with E-state index in [1.807, 2.05) is 31.2 Å². The molecule has 0 bridgehead atoms. The van der Waals surface area contributed by atoms with Gasteiger partial charge in [0.2, 0.25) is 0 Å². The number of anilines is 1. The number of fused-ring (bicyclic) bond motifs is 1. The fraction of sp³-hybridized carbons (Fsp3) is 0.320. The zero-order valence-electron chi connectivity index (χ0n) is 18.6. The molecule has 0 spiro atoms. The summed E-state index contributed by atoms with van der Waals surface area (Å²) in [6.07, 6.45) is 7.35. The molecule has 3 rings (SSSR count). The maximum absolute atomic E-state index is 10.4. The van der Waals surface area contributed by atoms with Gasteiger partial charge in [-0.15, -0.1) is 0 Å². The van der Waals surface area contributed by atoms with Crippen LogP contribution in [0.15, 0.2) is 66.2 Å². The topological polar surface area (TPSA) is 99.6 Å². The average Bonchev–Trinajstić information content (AvgIpc) is 3.38. The minimum absolute atomic E-state index is 0.0103. The number of aryl methyl sites for hydroxylation is 1. The highest BCUT2D eigenvalue weighted by atomic mass is 16.5. The van der Waals surface area contributed by atoms with E-state index in [9.17, 15) is 4.79 Å². The lowest BCUT2D eigenvalue weighted by Crippen LogP contribution is -2.21. The highest BCUT2D eigenvalue weighted by Crippen LogP contribution is 2.34. The second-order valence-corrected chi connectivity index (χ2v) is 6.89. The Balaban J connectivity index is 0.000000646. The Bertz CT molecular complexity index is 915. The smallest absolute Gasteiger partial charge is 0.305 e. The molecule has 1 aromatic carbocycles. The van der Waals surface area contributed by atoms with Gasteiger partial charge < -0.3 is 19.3 Å². The quantitative estimate of drug-likeness (QED) is 0.411. The van der Waals surface area contributed by atoms with Crippen molar-refractivity contribution in [2.75, 3.05) is 24.6 Å². The van der Waals surface area contributed by atoms with Crippen molar-refractivity contribution in [2.24, 2.45) is 0 Å². The zero-order chi connectivity index (χ0) is 23.8. The Morgan fingerprint density at radius 2 is 2.16 bits per heavy atom. The molecule has 0 saturated carbocycles. The van der Waals surface area contributed by atoms with Crippen LogP contribution in [-0.4, -0.2) is 35.9 Å². The zero-order valence-corrected chi connectivity index (χ0v) is 18.6. The molecule has 2 aromatic rings. The molecule has 0 radical (unpaired) electrons. The molecule has 0 unspecified atom stereocenters. The average molecular weight is 438 g/mol. The molecule has 0 atom stereocenters. The number of nitrogens with zero attached hydrogens (tertiary/aromatic N) is 3. The third kappa shape index (κ3) is 9.02. The molecular weight excluding hydrogens is 406 g/mol. The van der Waals surface area contributed by atoms with Gasteiger partial charge in [0.05, 0.1) is 18.7 Å². The van der Waals surface area contributed by atoms with E-state index in [0.29, 0.717) is 5.76 Å². The maximum Gasteiger partial charge on any atom is 0.305 e. The number of aromatic nitrogens is 1. The van der Waals surface area contributed by atoms with E-state index >= 15 is 0 Å². The number of nitriles is 1. The SMILES string of the molecule is C#N.C=C/C=C\C.C=C1CN(CCCc2cc(COCCC(=O)O)on2)c2ccccc21. The lowest BCUT2D eigenvalue weighted by Gasteiger charge is -2.18. The Hall–Kier alpha value is -3.63. The molecule has 1 aliphatic heterocycles. The highest BCUT2D eigenvalue weighted by molar-refractivity contribution is 5.84. The molecule has 1 N–H and O–H groups in total. The van der Waals surface area contributed by atoms with Gasteiger partial charge >= 0.3 is 5.97 Å². The van der Waals surface area contributed by atoms with Gasteiger partial charge in [-0.05, 0) is 31.4 Å². The van der Waals surface area contributed by atoms with Gasteiger partial charge in [0.1, 0.15) is 6.61 Å². The van der Waals surface area contributed by atoms with Crippen LogP contribution in [0.5, 0.6) is 0 Å². The van der Waals surface area contributed by atoms with E-state index < -0.39 is 5.97 Å². The van der Waals surface area contributed by atoms with Crippen molar-refractivity contribution in [3.05, 3.63) is 78.7 Å². The predicted octanol–water partition coefficient (Wildman–Crippen LogP) is 5.02. The standard InChI is InChI=1S/C19H22N2O4.C5H8.CHN/c1-14-12-21(18-7-3-2-6-17(14)18)9-4-5-15-11-16(25-20-15)13-24-10-8-19(22)23;1-3-5-4-2;1-2/h2-3,6-7,11H,1,4-5,8-10,12-13H2,(H,22,23);3-5H,1H2,2H3;1H/b;5-4-;. The van der Waals surface area contributed by atoms with Crippen LogP contribution in [0.4, 0.5) is 5.69 Å². The van der Waals surface area contributed by atoms with E-state index in [2.05, 4.69) is 48.0 Å². The van der Waals surface area contributed by atoms with E-state index in [-0.39, 0.29) is 19.6 Å². The van der Waals surface area contributed by atoms with Crippen LogP contribution >= 0.6 is 0 Å². The monoisotopic (exact) mass is 437 g/mol. The molecule has 7 nitrogen and oxygen atoms in total.